The lowest BCUT2D eigenvalue weighted by molar-refractivity contribution is -0.117. The summed E-state index contributed by atoms with van der Waals surface area (Å²) in [6, 6.07) is -0.466. The zero-order valence-corrected chi connectivity index (χ0v) is 8.72. The number of nitrogens with zero attached hydrogens (tertiary/aromatic N) is 1. The molecule has 0 bridgehead atoms. The molecule has 1 heterocycles. The zero-order valence-electron chi connectivity index (χ0n) is 8.72. The van der Waals surface area contributed by atoms with E-state index in [1.807, 2.05) is 20.8 Å². The van der Waals surface area contributed by atoms with Crippen LogP contribution in [0.3, 0.4) is 0 Å². The first kappa shape index (κ1) is 10.7. The molecular weight excluding hydrogens is 180 g/mol. The number of aromatic nitrogens is 2. The number of H-pyrrole nitrogens is 1. The van der Waals surface area contributed by atoms with Gasteiger partial charge in [0.1, 0.15) is 0 Å². The van der Waals surface area contributed by atoms with E-state index in [9.17, 15) is 4.79 Å². The van der Waals surface area contributed by atoms with Crippen molar-refractivity contribution in [3.8, 4) is 0 Å². The highest BCUT2D eigenvalue weighted by Crippen LogP contribution is 2.13. The molecule has 14 heavy (non-hydrogen) atoms. The summed E-state index contributed by atoms with van der Waals surface area (Å²) in [7, 11) is 0. The standard InChI is InChI=1S/C9H16N4O/c1-4-7(10)9(14)11-8-5(2)6(3)12-13-8/h7H,4,10H2,1-3H3,(H2,11,12,13,14). The van der Waals surface area contributed by atoms with Crippen molar-refractivity contribution < 1.29 is 4.79 Å². The van der Waals surface area contributed by atoms with E-state index in [-0.39, 0.29) is 5.91 Å². The van der Waals surface area contributed by atoms with Gasteiger partial charge in [0.15, 0.2) is 5.82 Å². The van der Waals surface area contributed by atoms with Crippen LogP contribution < -0.4 is 11.1 Å². The highest BCUT2D eigenvalue weighted by Gasteiger charge is 2.14. The molecule has 5 nitrogen and oxygen atoms in total. The van der Waals surface area contributed by atoms with Crippen molar-refractivity contribution in [3.63, 3.8) is 0 Å². The minimum Gasteiger partial charge on any atom is -0.320 e. The molecule has 1 aromatic heterocycles. The smallest absolute Gasteiger partial charge is 0.242 e. The number of aromatic amines is 1. The van der Waals surface area contributed by atoms with E-state index >= 15 is 0 Å². The molecule has 0 aliphatic rings. The SMILES string of the molecule is CCC(N)C(=O)Nc1n[nH]c(C)c1C. The minimum absolute atomic E-state index is 0.192. The molecule has 4 N–H and O–H groups in total. The van der Waals surface area contributed by atoms with Gasteiger partial charge in [-0.3, -0.25) is 9.89 Å². The van der Waals surface area contributed by atoms with Gasteiger partial charge in [0.05, 0.1) is 6.04 Å². The number of carbonyl (C=O) groups excluding carboxylic acids is 1. The number of nitrogens with two attached hydrogens (primary N) is 1. The fourth-order valence-electron chi connectivity index (χ4n) is 1.00. The average molecular weight is 196 g/mol. The summed E-state index contributed by atoms with van der Waals surface area (Å²) < 4.78 is 0. The molecule has 0 saturated heterocycles. The Hall–Kier alpha value is -1.36. The Labute approximate surface area is 83.1 Å². The topological polar surface area (TPSA) is 83.8 Å². The third-order valence-electron chi connectivity index (χ3n) is 2.27. The Kier molecular flexibility index (Phi) is 3.24. The van der Waals surface area contributed by atoms with Crippen LogP contribution >= 0.6 is 0 Å². The maximum atomic E-state index is 11.4. The van der Waals surface area contributed by atoms with E-state index in [0.717, 1.165) is 11.3 Å². The van der Waals surface area contributed by atoms with Gasteiger partial charge in [-0.1, -0.05) is 6.92 Å². The number of anilines is 1. The Morgan fingerprint density at radius 3 is 2.71 bits per heavy atom. The number of aryl methyl sites for hydroxylation is 1. The van der Waals surface area contributed by atoms with E-state index in [2.05, 4.69) is 15.5 Å². The van der Waals surface area contributed by atoms with Crippen LogP contribution in [-0.2, 0) is 4.79 Å². The van der Waals surface area contributed by atoms with Crippen molar-refractivity contribution in [1.82, 2.24) is 10.2 Å². The Bertz CT molecular complexity index is 332. The summed E-state index contributed by atoms with van der Waals surface area (Å²) in [4.78, 5) is 11.4. The molecule has 1 rings (SSSR count). The molecule has 0 aromatic carbocycles. The molecule has 0 fully saturated rings. The van der Waals surface area contributed by atoms with Gasteiger partial charge in [0.25, 0.3) is 0 Å². The van der Waals surface area contributed by atoms with E-state index in [0.29, 0.717) is 12.2 Å². The normalized spacial score (nSPS) is 12.6. The van der Waals surface area contributed by atoms with Gasteiger partial charge in [-0.15, -0.1) is 0 Å². The first-order chi connectivity index (χ1) is 6.56. The molecule has 1 amide bonds. The molecule has 1 atom stereocenters. The predicted octanol–water partition coefficient (Wildman–Crippen LogP) is 0.702. The van der Waals surface area contributed by atoms with E-state index < -0.39 is 6.04 Å². The second-order valence-electron chi connectivity index (χ2n) is 3.33. The van der Waals surface area contributed by atoms with Crippen molar-refractivity contribution in [2.75, 3.05) is 5.32 Å². The summed E-state index contributed by atoms with van der Waals surface area (Å²) in [5.41, 5.74) is 7.47. The van der Waals surface area contributed by atoms with Crippen LogP contribution in [-0.4, -0.2) is 22.1 Å². The van der Waals surface area contributed by atoms with Crippen molar-refractivity contribution in [3.05, 3.63) is 11.3 Å². The predicted molar refractivity (Wildman–Crippen MR) is 55.0 cm³/mol. The quantitative estimate of drug-likeness (QED) is 0.665. The maximum Gasteiger partial charge on any atom is 0.242 e. The molecule has 0 radical (unpaired) electrons. The number of hydrogen-bond acceptors (Lipinski definition) is 3. The van der Waals surface area contributed by atoms with E-state index in [4.69, 9.17) is 5.73 Å². The second kappa shape index (κ2) is 4.23. The Morgan fingerprint density at radius 1 is 1.64 bits per heavy atom. The fraction of sp³-hybridized carbons (Fsp3) is 0.556. The lowest BCUT2D eigenvalue weighted by Crippen LogP contribution is -2.35. The van der Waals surface area contributed by atoms with Crippen LogP contribution in [0, 0.1) is 13.8 Å². The van der Waals surface area contributed by atoms with Crippen LogP contribution in [0.5, 0.6) is 0 Å². The summed E-state index contributed by atoms with van der Waals surface area (Å²) in [5, 5.41) is 9.43. The summed E-state index contributed by atoms with van der Waals surface area (Å²) in [5.74, 6) is 0.374. The largest absolute Gasteiger partial charge is 0.320 e. The van der Waals surface area contributed by atoms with Crippen LogP contribution in [0.2, 0.25) is 0 Å². The summed E-state index contributed by atoms with van der Waals surface area (Å²) in [6.07, 6.45) is 0.619. The molecule has 1 unspecified atom stereocenters. The number of hydrogen-bond donors (Lipinski definition) is 3. The number of nitrogens with one attached hydrogen (secondary N) is 2. The number of carbonyl (C=O) groups is 1. The third-order valence-corrected chi connectivity index (χ3v) is 2.27. The molecular formula is C9H16N4O. The molecule has 0 spiro atoms. The van der Waals surface area contributed by atoms with Crippen LogP contribution in [0.4, 0.5) is 5.82 Å². The van der Waals surface area contributed by atoms with Gasteiger partial charge in [-0.05, 0) is 20.3 Å². The molecule has 1 aromatic rings. The lowest BCUT2D eigenvalue weighted by atomic mass is 10.2. The van der Waals surface area contributed by atoms with Crippen LogP contribution in [0.15, 0.2) is 0 Å². The van der Waals surface area contributed by atoms with E-state index in [1.165, 1.54) is 0 Å². The van der Waals surface area contributed by atoms with Gasteiger partial charge in [0, 0.05) is 11.3 Å². The second-order valence-corrected chi connectivity index (χ2v) is 3.33. The van der Waals surface area contributed by atoms with Gasteiger partial charge in [-0.2, -0.15) is 5.10 Å². The highest BCUT2D eigenvalue weighted by atomic mass is 16.2. The monoisotopic (exact) mass is 196 g/mol. The summed E-state index contributed by atoms with van der Waals surface area (Å²) >= 11 is 0. The van der Waals surface area contributed by atoms with Gasteiger partial charge in [0.2, 0.25) is 5.91 Å². The van der Waals surface area contributed by atoms with Crippen molar-refractivity contribution in [2.24, 2.45) is 5.73 Å². The van der Waals surface area contributed by atoms with Crippen LogP contribution in [0.25, 0.3) is 0 Å². The summed E-state index contributed by atoms with van der Waals surface area (Å²) in [6.45, 7) is 5.66. The third kappa shape index (κ3) is 2.11. The molecule has 5 heteroatoms. The molecule has 0 saturated carbocycles. The zero-order chi connectivity index (χ0) is 10.7. The fourth-order valence-corrected chi connectivity index (χ4v) is 1.00. The molecule has 78 valence electrons. The minimum atomic E-state index is -0.466. The molecule has 0 aliphatic carbocycles. The lowest BCUT2D eigenvalue weighted by Gasteiger charge is -2.08. The first-order valence-corrected chi connectivity index (χ1v) is 4.64. The van der Waals surface area contributed by atoms with Crippen LogP contribution in [0.1, 0.15) is 24.6 Å². The van der Waals surface area contributed by atoms with Gasteiger partial charge >= 0.3 is 0 Å². The number of amides is 1. The van der Waals surface area contributed by atoms with Crippen molar-refractivity contribution in [2.45, 2.75) is 33.2 Å². The highest BCUT2D eigenvalue weighted by molar-refractivity contribution is 5.94. The van der Waals surface area contributed by atoms with Crippen molar-refractivity contribution in [1.29, 1.82) is 0 Å². The van der Waals surface area contributed by atoms with Gasteiger partial charge < -0.3 is 11.1 Å². The Balaban J connectivity index is 2.70. The number of rotatable bonds is 3. The van der Waals surface area contributed by atoms with Gasteiger partial charge in [-0.25, -0.2) is 0 Å². The molecule has 0 aliphatic heterocycles. The maximum absolute atomic E-state index is 11.4. The van der Waals surface area contributed by atoms with E-state index in [1.54, 1.807) is 0 Å². The Morgan fingerprint density at radius 2 is 2.29 bits per heavy atom. The first-order valence-electron chi connectivity index (χ1n) is 4.64. The van der Waals surface area contributed by atoms with Crippen molar-refractivity contribution >= 4 is 11.7 Å². The average Bonchev–Trinajstić information content (AvgIpc) is 2.48.